The second-order valence-electron chi connectivity index (χ2n) is 4.85. The SMILES string of the molecule is COC(=O)CC(O)C(O)c1cccc2c(C(=O)O)cccc12. The van der Waals surface area contributed by atoms with Crippen molar-refractivity contribution < 1.29 is 29.6 Å². The van der Waals surface area contributed by atoms with E-state index < -0.39 is 24.1 Å². The fraction of sp³-hybridized carbons (Fsp3) is 0.250. The van der Waals surface area contributed by atoms with Crippen LogP contribution in [0.3, 0.4) is 0 Å². The zero-order chi connectivity index (χ0) is 16.3. The molecule has 0 saturated carbocycles. The lowest BCUT2D eigenvalue weighted by Gasteiger charge is -2.19. The Balaban J connectivity index is 2.45. The molecule has 2 unspecified atom stereocenters. The lowest BCUT2D eigenvalue weighted by atomic mass is 9.94. The van der Waals surface area contributed by atoms with Gasteiger partial charge in [0.1, 0.15) is 6.10 Å². The average Bonchev–Trinajstić information content (AvgIpc) is 2.52. The monoisotopic (exact) mass is 304 g/mol. The second-order valence-corrected chi connectivity index (χ2v) is 4.85. The van der Waals surface area contributed by atoms with E-state index in [1.54, 1.807) is 30.3 Å². The Morgan fingerprint density at radius 3 is 2.36 bits per heavy atom. The topological polar surface area (TPSA) is 104 Å². The number of carboxylic acids is 1. The number of aliphatic hydroxyl groups is 2. The standard InChI is InChI=1S/C16H16O6/c1-22-14(18)8-13(17)15(19)11-6-2-5-10-9(11)4-3-7-12(10)16(20)21/h2-7,13,15,17,19H,8H2,1H3,(H,20,21). The minimum absolute atomic E-state index is 0.106. The zero-order valence-corrected chi connectivity index (χ0v) is 11.9. The normalized spacial score (nSPS) is 13.6. The molecule has 0 saturated heterocycles. The van der Waals surface area contributed by atoms with Crippen LogP contribution in [0.5, 0.6) is 0 Å². The van der Waals surface area contributed by atoms with Crippen LogP contribution in [0.25, 0.3) is 10.8 Å². The molecule has 2 aromatic rings. The number of fused-ring (bicyclic) bond motifs is 1. The number of aromatic carboxylic acids is 1. The van der Waals surface area contributed by atoms with Gasteiger partial charge in [-0.25, -0.2) is 4.79 Å². The molecule has 2 rings (SSSR count). The summed E-state index contributed by atoms with van der Waals surface area (Å²) in [6.07, 6.45) is -3.02. The molecule has 0 spiro atoms. The summed E-state index contributed by atoms with van der Waals surface area (Å²) in [6.45, 7) is 0. The van der Waals surface area contributed by atoms with Gasteiger partial charge in [-0.05, 0) is 22.4 Å². The highest BCUT2D eigenvalue weighted by Gasteiger charge is 2.24. The maximum atomic E-state index is 11.2. The van der Waals surface area contributed by atoms with Gasteiger partial charge in [0.05, 0.1) is 25.2 Å². The Bertz CT molecular complexity index is 709. The molecule has 116 valence electrons. The lowest BCUT2D eigenvalue weighted by molar-refractivity contribution is -0.144. The number of aliphatic hydroxyl groups excluding tert-OH is 2. The van der Waals surface area contributed by atoms with Crippen molar-refractivity contribution in [2.24, 2.45) is 0 Å². The minimum Gasteiger partial charge on any atom is -0.478 e. The van der Waals surface area contributed by atoms with Crippen molar-refractivity contribution in [1.29, 1.82) is 0 Å². The first-order valence-electron chi connectivity index (χ1n) is 6.63. The van der Waals surface area contributed by atoms with E-state index in [9.17, 15) is 24.9 Å². The van der Waals surface area contributed by atoms with E-state index in [1.165, 1.54) is 13.2 Å². The van der Waals surface area contributed by atoms with E-state index >= 15 is 0 Å². The number of hydrogen-bond acceptors (Lipinski definition) is 5. The number of carbonyl (C=O) groups is 2. The van der Waals surface area contributed by atoms with Gasteiger partial charge in [-0.3, -0.25) is 4.79 Å². The molecule has 2 atom stereocenters. The largest absolute Gasteiger partial charge is 0.478 e. The third kappa shape index (κ3) is 3.08. The molecular formula is C16H16O6. The molecule has 0 aliphatic carbocycles. The molecule has 3 N–H and O–H groups in total. The zero-order valence-electron chi connectivity index (χ0n) is 11.9. The molecule has 6 nitrogen and oxygen atoms in total. The number of carbonyl (C=O) groups excluding carboxylic acids is 1. The molecule has 0 bridgehead atoms. The summed E-state index contributed by atoms with van der Waals surface area (Å²) in [5, 5.41) is 30.4. The van der Waals surface area contributed by atoms with Gasteiger partial charge in [0.25, 0.3) is 0 Å². The van der Waals surface area contributed by atoms with E-state index in [2.05, 4.69) is 4.74 Å². The van der Waals surface area contributed by atoms with Gasteiger partial charge < -0.3 is 20.1 Å². The number of rotatable bonds is 5. The van der Waals surface area contributed by atoms with Crippen LogP contribution in [0.15, 0.2) is 36.4 Å². The van der Waals surface area contributed by atoms with Gasteiger partial charge in [-0.1, -0.05) is 30.3 Å². The fourth-order valence-electron chi connectivity index (χ4n) is 2.35. The molecule has 0 fully saturated rings. The number of esters is 1. The lowest BCUT2D eigenvalue weighted by Crippen LogP contribution is -2.22. The van der Waals surface area contributed by atoms with Gasteiger partial charge in [0, 0.05) is 0 Å². The number of benzene rings is 2. The number of hydrogen-bond donors (Lipinski definition) is 3. The predicted molar refractivity (Wildman–Crippen MR) is 78.5 cm³/mol. The first-order valence-corrected chi connectivity index (χ1v) is 6.63. The highest BCUT2D eigenvalue weighted by atomic mass is 16.5. The number of carboxylic acid groups (broad SMARTS) is 1. The maximum absolute atomic E-state index is 11.2. The summed E-state index contributed by atoms with van der Waals surface area (Å²) in [4.78, 5) is 22.4. The summed E-state index contributed by atoms with van der Waals surface area (Å²) in [7, 11) is 1.19. The van der Waals surface area contributed by atoms with E-state index in [-0.39, 0.29) is 12.0 Å². The third-order valence-corrected chi connectivity index (χ3v) is 3.47. The average molecular weight is 304 g/mol. The Morgan fingerprint density at radius 2 is 1.73 bits per heavy atom. The minimum atomic E-state index is -1.34. The molecular weight excluding hydrogens is 288 g/mol. The smallest absolute Gasteiger partial charge is 0.336 e. The Kier molecular flexibility index (Phi) is 4.75. The quantitative estimate of drug-likeness (QED) is 0.723. The van der Waals surface area contributed by atoms with Crippen LogP contribution in [0.2, 0.25) is 0 Å². The van der Waals surface area contributed by atoms with E-state index in [4.69, 9.17) is 0 Å². The second kappa shape index (κ2) is 6.55. The van der Waals surface area contributed by atoms with Gasteiger partial charge in [-0.15, -0.1) is 0 Å². The first kappa shape index (κ1) is 15.9. The fourth-order valence-corrected chi connectivity index (χ4v) is 2.35. The van der Waals surface area contributed by atoms with Crippen molar-refractivity contribution in [2.45, 2.75) is 18.6 Å². The number of methoxy groups -OCH3 is 1. The molecule has 2 aromatic carbocycles. The summed E-state index contributed by atoms with van der Waals surface area (Å²) in [6, 6.07) is 9.49. The summed E-state index contributed by atoms with van der Waals surface area (Å²) >= 11 is 0. The van der Waals surface area contributed by atoms with Gasteiger partial charge in [0.15, 0.2) is 0 Å². The van der Waals surface area contributed by atoms with E-state index in [1.807, 2.05) is 0 Å². The molecule has 0 aliphatic heterocycles. The van der Waals surface area contributed by atoms with Gasteiger partial charge in [0.2, 0.25) is 0 Å². The Morgan fingerprint density at radius 1 is 1.09 bits per heavy atom. The van der Waals surface area contributed by atoms with Crippen LogP contribution >= 0.6 is 0 Å². The van der Waals surface area contributed by atoms with Crippen molar-refractivity contribution in [1.82, 2.24) is 0 Å². The van der Waals surface area contributed by atoms with E-state index in [0.29, 0.717) is 16.3 Å². The Labute approximate surface area is 126 Å². The maximum Gasteiger partial charge on any atom is 0.336 e. The van der Waals surface area contributed by atoms with Gasteiger partial charge in [-0.2, -0.15) is 0 Å². The van der Waals surface area contributed by atoms with Crippen molar-refractivity contribution in [3.05, 3.63) is 47.5 Å². The Hall–Kier alpha value is -2.44. The highest BCUT2D eigenvalue weighted by Crippen LogP contribution is 2.29. The first-order chi connectivity index (χ1) is 10.5. The van der Waals surface area contributed by atoms with Crippen LogP contribution in [-0.4, -0.2) is 40.5 Å². The summed E-state index contributed by atoms with van der Waals surface area (Å²) in [5.74, 6) is -1.72. The van der Waals surface area contributed by atoms with Crippen molar-refractivity contribution in [2.75, 3.05) is 7.11 Å². The molecule has 0 aliphatic rings. The van der Waals surface area contributed by atoms with E-state index in [0.717, 1.165) is 0 Å². The number of ether oxygens (including phenoxy) is 1. The van der Waals surface area contributed by atoms with Crippen LogP contribution in [0, 0.1) is 0 Å². The van der Waals surface area contributed by atoms with Crippen LogP contribution in [0.4, 0.5) is 0 Å². The van der Waals surface area contributed by atoms with Crippen molar-refractivity contribution in [3.8, 4) is 0 Å². The summed E-state index contributed by atoms with van der Waals surface area (Å²) < 4.78 is 4.46. The van der Waals surface area contributed by atoms with Crippen LogP contribution in [0.1, 0.15) is 28.4 Å². The van der Waals surface area contributed by atoms with Crippen molar-refractivity contribution >= 4 is 22.7 Å². The molecule has 0 radical (unpaired) electrons. The third-order valence-electron chi connectivity index (χ3n) is 3.47. The van der Waals surface area contributed by atoms with Crippen LogP contribution in [-0.2, 0) is 9.53 Å². The van der Waals surface area contributed by atoms with Crippen LogP contribution < -0.4 is 0 Å². The molecule has 0 heterocycles. The molecule has 6 heteroatoms. The van der Waals surface area contributed by atoms with Crippen molar-refractivity contribution in [3.63, 3.8) is 0 Å². The molecule has 0 aromatic heterocycles. The molecule has 22 heavy (non-hydrogen) atoms. The summed E-state index contributed by atoms with van der Waals surface area (Å²) in [5.41, 5.74) is 0.464. The van der Waals surface area contributed by atoms with Gasteiger partial charge >= 0.3 is 11.9 Å². The molecule has 0 amide bonds. The predicted octanol–water partition coefficient (Wildman–Crippen LogP) is 1.50. The highest BCUT2D eigenvalue weighted by molar-refractivity contribution is 6.04.